The molecule has 0 unspecified atom stereocenters. The Bertz CT molecular complexity index is 1400. The summed E-state index contributed by atoms with van der Waals surface area (Å²) in [5, 5.41) is 3.85. The number of ether oxygens (including phenoxy) is 1. The monoisotopic (exact) mass is 473 g/mol. The number of rotatable bonds is 6. The van der Waals surface area contributed by atoms with Crippen molar-refractivity contribution in [3.63, 3.8) is 0 Å². The number of anilines is 1. The van der Waals surface area contributed by atoms with Crippen molar-refractivity contribution in [1.82, 2.24) is 10.1 Å². The number of methoxy groups -OCH3 is 1. The van der Waals surface area contributed by atoms with E-state index >= 15 is 0 Å². The van der Waals surface area contributed by atoms with Crippen molar-refractivity contribution in [2.24, 2.45) is 0 Å². The molecule has 0 bridgehead atoms. The van der Waals surface area contributed by atoms with Crippen molar-refractivity contribution in [3.8, 4) is 22.2 Å². The number of benzene rings is 2. The number of aromatic nitrogens is 2. The van der Waals surface area contributed by atoms with Gasteiger partial charge in [0.15, 0.2) is 0 Å². The summed E-state index contributed by atoms with van der Waals surface area (Å²) in [6.45, 7) is 1.66. The van der Waals surface area contributed by atoms with Crippen LogP contribution in [0, 0.1) is 12.7 Å². The molecule has 0 atom stereocenters. The minimum atomic E-state index is -3.92. The maximum absolute atomic E-state index is 13.4. The smallest absolute Gasteiger partial charge is 0.337 e. The summed E-state index contributed by atoms with van der Waals surface area (Å²) in [7, 11) is -2.65. The molecule has 0 aliphatic heterocycles. The molecule has 4 aromatic rings. The molecule has 0 saturated heterocycles. The van der Waals surface area contributed by atoms with Gasteiger partial charge in [-0.2, -0.15) is 4.98 Å². The lowest BCUT2D eigenvalue weighted by atomic mass is 10.2. The minimum absolute atomic E-state index is 0.0556. The first kappa shape index (κ1) is 21.7. The SMILES string of the molecule is COC(=O)c1ccc(NS(=O)(=O)c2cc(-c3nc(-c4cccc(F)c4)no3)sc2C)cc1. The Morgan fingerprint density at radius 3 is 2.59 bits per heavy atom. The average Bonchev–Trinajstić information content (AvgIpc) is 3.41. The van der Waals surface area contributed by atoms with Crippen LogP contribution in [-0.4, -0.2) is 31.6 Å². The lowest BCUT2D eigenvalue weighted by Crippen LogP contribution is -2.13. The van der Waals surface area contributed by atoms with Crippen LogP contribution >= 0.6 is 11.3 Å². The average molecular weight is 474 g/mol. The van der Waals surface area contributed by atoms with E-state index in [9.17, 15) is 17.6 Å². The summed E-state index contributed by atoms with van der Waals surface area (Å²) >= 11 is 1.18. The van der Waals surface area contributed by atoms with E-state index in [0.29, 0.717) is 20.9 Å². The molecule has 2 heterocycles. The molecule has 2 aromatic heterocycles. The number of halogens is 1. The Labute approximate surface area is 186 Å². The highest BCUT2D eigenvalue weighted by Gasteiger charge is 2.23. The van der Waals surface area contributed by atoms with Crippen LogP contribution < -0.4 is 4.72 Å². The van der Waals surface area contributed by atoms with E-state index in [4.69, 9.17) is 4.52 Å². The molecule has 1 N–H and O–H groups in total. The first-order chi connectivity index (χ1) is 15.3. The van der Waals surface area contributed by atoms with E-state index in [2.05, 4.69) is 19.6 Å². The molecule has 4 rings (SSSR count). The van der Waals surface area contributed by atoms with Gasteiger partial charge in [0, 0.05) is 16.1 Å². The molecule has 0 amide bonds. The lowest BCUT2D eigenvalue weighted by Gasteiger charge is -2.08. The highest BCUT2D eigenvalue weighted by Crippen LogP contribution is 2.34. The number of hydrogen-bond acceptors (Lipinski definition) is 8. The number of nitrogens with one attached hydrogen (secondary N) is 1. The van der Waals surface area contributed by atoms with E-state index in [-0.39, 0.29) is 22.3 Å². The maximum Gasteiger partial charge on any atom is 0.337 e. The normalized spacial score (nSPS) is 11.3. The van der Waals surface area contributed by atoms with Crippen LogP contribution in [-0.2, 0) is 14.8 Å². The van der Waals surface area contributed by atoms with Gasteiger partial charge < -0.3 is 9.26 Å². The third kappa shape index (κ3) is 4.39. The summed E-state index contributed by atoms with van der Waals surface area (Å²) < 4.78 is 51.6. The molecular weight excluding hydrogens is 457 g/mol. The van der Waals surface area contributed by atoms with Crippen LogP contribution in [0.25, 0.3) is 22.2 Å². The van der Waals surface area contributed by atoms with Crippen LogP contribution in [0.2, 0.25) is 0 Å². The molecule has 164 valence electrons. The Morgan fingerprint density at radius 1 is 1.16 bits per heavy atom. The Kier molecular flexibility index (Phi) is 5.76. The van der Waals surface area contributed by atoms with Gasteiger partial charge in [0.05, 0.1) is 17.6 Å². The van der Waals surface area contributed by atoms with Crippen LogP contribution in [0.1, 0.15) is 15.2 Å². The topological polar surface area (TPSA) is 111 Å². The van der Waals surface area contributed by atoms with Gasteiger partial charge in [-0.05, 0) is 49.4 Å². The quantitative estimate of drug-likeness (QED) is 0.410. The standard InChI is InChI=1S/C21H16FN3O5S2/c1-12-18(32(27,28)25-16-8-6-13(7-9-16)21(26)29-2)11-17(31-12)20-23-19(24-30-20)14-4-3-5-15(22)10-14/h3-11,25H,1-2H3. The van der Waals surface area contributed by atoms with E-state index in [1.165, 1.54) is 67.0 Å². The molecule has 8 nitrogen and oxygen atoms in total. The van der Waals surface area contributed by atoms with Crippen LogP contribution in [0.15, 0.2) is 64.0 Å². The zero-order chi connectivity index (χ0) is 22.9. The number of hydrogen-bond donors (Lipinski definition) is 1. The number of thiophene rings is 1. The highest BCUT2D eigenvalue weighted by atomic mass is 32.2. The molecule has 32 heavy (non-hydrogen) atoms. The van der Waals surface area contributed by atoms with Gasteiger partial charge in [-0.25, -0.2) is 17.6 Å². The number of carbonyl (C=O) groups is 1. The molecule has 2 aromatic carbocycles. The van der Waals surface area contributed by atoms with Crippen LogP contribution in [0.3, 0.4) is 0 Å². The number of esters is 1. The zero-order valence-electron chi connectivity index (χ0n) is 16.8. The first-order valence-corrected chi connectivity index (χ1v) is 11.5. The van der Waals surface area contributed by atoms with Crippen molar-refractivity contribution >= 4 is 33.0 Å². The summed E-state index contributed by atoms with van der Waals surface area (Å²) in [5.74, 6) is -0.630. The van der Waals surface area contributed by atoms with Crippen molar-refractivity contribution in [2.45, 2.75) is 11.8 Å². The second-order valence-corrected chi connectivity index (χ2v) is 9.55. The maximum atomic E-state index is 13.4. The third-order valence-electron chi connectivity index (χ3n) is 4.44. The third-order valence-corrected chi connectivity index (χ3v) is 7.11. The Hall–Kier alpha value is -3.57. The molecule has 11 heteroatoms. The van der Waals surface area contributed by atoms with Crippen molar-refractivity contribution < 1.29 is 26.9 Å². The molecule has 0 fully saturated rings. The number of carbonyl (C=O) groups excluding carboxylic acids is 1. The largest absolute Gasteiger partial charge is 0.465 e. The predicted molar refractivity (Wildman–Crippen MR) is 116 cm³/mol. The summed E-state index contributed by atoms with van der Waals surface area (Å²) in [4.78, 5) is 16.8. The van der Waals surface area contributed by atoms with Gasteiger partial charge >= 0.3 is 5.97 Å². The highest BCUT2D eigenvalue weighted by molar-refractivity contribution is 7.93. The zero-order valence-corrected chi connectivity index (χ0v) is 18.5. The Balaban J connectivity index is 1.58. The molecule has 0 aliphatic carbocycles. The fourth-order valence-electron chi connectivity index (χ4n) is 2.91. The summed E-state index contributed by atoms with van der Waals surface area (Å²) in [6.07, 6.45) is 0. The first-order valence-electron chi connectivity index (χ1n) is 9.18. The summed E-state index contributed by atoms with van der Waals surface area (Å²) in [5.41, 5.74) is 1.03. The molecule has 0 radical (unpaired) electrons. The van der Waals surface area contributed by atoms with Crippen LogP contribution in [0.4, 0.5) is 10.1 Å². The van der Waals surface area contributed by atoms with E-state index < -0.39 is 21.8 Å². The van der Waals surface area contributed by atoms with Crippen molar-refractivity contribution in [1.29, 1.82) is 0 Å². The molecular formula is C21H16FN3O5S2. The Morgan fingerprint density at radius 2 is 1.91 bits per heavy atom. The van der Waals surface area contributed by atoms with E-state index in [0.717, 1.165) is 0 Å². The van der Waals surface area contributed by atoms with E-state index in [1.54, 1.807) is 13.0 Å². The lowest BCUT2D eigenvalue weighted by molar-refractivity contribution is 0.0600. The number of aryl methyl sites for hydroxylation is 1. The second-order valence-electron chi connectivity index (χ2n) is 6.64. The van der Waals surface area contributed by atoms with Crippen molar-refractivity contribution in [2.75, 3.05) is 11.8 Å². The second kappa shape index (κ2) is 8.52. The molecule has 0 saturated carbocycles. The fraction of sp³-hybridized carbons (Fsp3) is 0.0952. The molecule has 0 aliphatic rings. The van der Waals surface area contributed by atoms with E-state index in [1.807, 2.05) is 0 Å². The summed E-state index contributed by atoms with van der Waals surface area (Å²) in [6, 6.07) is 13.1. The van der Waals surface area contributed by atoms with Gasteiger partial charge in [-0.15, -0.1) is 11.3 Å². The predicted octanol–water partition coefficient (Wildman–Crippen LogP) is 4.50. The van der Waals surface area contributed by atoms with Crippen molar-refractivity contribution in [3.05, 3.63) is 70.9 Å². The fourth-order valence-corrected chi connectivity index (χ4v) is 5.48. The molecule has 0 spiro atoms. The van der Waals surface area contributed by atoms with Crippen LogP contribution in [0.5, 0.6) is 0 Å². The minimum Gasteiger partial charge on any atom is -0.465 e. The number of sulfonamides is 1. The van der Waals surface area contributed by atoms with Gasteiger partial charge in [-0.1, -0.05) is 17.3 Å². The number of nitrogens with zero attached hydrogens (tertiary/aromatic N) is 2. The van der Waals surface area contributed by atoms with Gasteiger partial charge in [-0.3, -0.25) is 4.72 Å². The van der Waals surface area contributed by atoms with Gasteiger partial charge in [0.25, 0.3) is 15.9 Å². The van der Waals surface area contributed by atoms with Gasteiger partial charge in [0.1, 0.15) is 10.7 Å². The van der Waals surface area contributed by atoms with Gasteiger partial charge in [0.2, 0.25) is 5.82 Å².